The average Bonchev–Trinajstić information content (AvgIpc) is 3.01. The summed E-state index contributed by atoms with van der Waals surface area (Å²) in [7, 11) is 1.32. The van der Waals surface area contributed by atoms with Gasteiger partial charge in [0, 0.05) is 10.6 Å². The van der Waals surface area contributed by atoms with Gasteiger partial charge in [0.25, 0.3) is 5.22 Å². The van der Waals surface area contributed by atoms with Crippen LogP contribution in [0, 0.1) is 0 Å². The van der Waals surface area contributed by atoms with E-state index in [9.17, 15) is 9.59 Å². The monoisotopic (exact) mass is 361 g/mol. The zero-order chi connectivity index (χ0) is 17.1. The van der Waals surface area contributed by atoms with Crippen molar-refractivity contribution in [3.8, 4) is 0 Å². The fourth-order valence-electron chi connectivity index (χ4n) is 2.06. The number of benzene rings is 2. The van der Waals surface area contributed by atoms with Crippen molar-refractivity contribution >= 4 is 46.2 Å². The van der Waals surface area contributed by atoms with Gasteiger partial charge in [0.05, 0.1) is 18.4 Å². The van der Waals surface area contributed by atoms with Gasteiger partial charge < -0.3 is 9.15 Å². The first-order chi connectivity index (χ1) is 11.6. The van der Waals surface area contributed by atoms with Crippen LogP contribution in [0.1, 0.15) is 20.7 Å². The molecule has 122 valence electrons. The first-order valence-corrected chi connectivity index (χ1v) is 8.33. The first-order valence-electron chi connectivity index (χ1n) is 6.97. The Morgan fingerprint density at radius 2 is 1.88 bits per heavy atom. The van der Waals surface area contributed by atoms with Crippen molar-refractivity contribution in [2.45, 2.75) is 5.22 Å². The number of ether oxygens (including phenoxy) is 1. The van der Waals surface area contributed by atoms with E-state index in [-0.39, 0.29) is 11.5 Å². The van der Waals surface area contributed by atoms with Crippen LogP contribution in [-0.4, -0.2) is 29.6 Å². The Bertz CT molecular complexity index is 905. The summed E-state index contributed by atoms with van der Waals surface area (Å²) in [5, 5.41) is 0.953. The van der Waals surface area contributed by atoms with Gasteiger partial charge in [-0.25, -0.2) is 9.78 Å². The van der Waals surface area contributed by atoms with E-state index in [1.165, 1.54) is 18.9 Å². The molecule has 0 spiro atoms. The first kappa shape index (κ1) is 16.5. The molecule has 0 aliphatic carbocycles. The second-order valence-corrected chi connectivity index (χ2v) is 6.24. The minimum Gasteiger partial charge on any atom is -0.465 e. The number of nitrogens with zero attached hydrogens (tertiary/aromatic N) is 1. The van der Waals surface area contributed by atoms with E-state index < -0.39 is 5.97 Å². The minimum atomic E-state index is -0.438. The molecule has 0 N–H and O–H groups in total. The van der Waals surface area contributed by atoms with Crippen LogP contribution in [0.3, 0.4) is 0 Å². The average molecular weight is 362 g/mol. The number of fused-ring (bicyclic) bond motifs is 1. The summed E-state index contributed by atoms with van der Waals surface area (Å²) < 4.78 is 10.2. The lowest BCUT2D eigenvalue weighted by atomic mass is 10.1. The van der Waals surface area contributed by atoms with Crippen LogP contribution in [0.2, 0.25) is 5.02 Å². The van der Waals surface area contributed by atoms with E-state index in [4.69, 9.17) is 16.0 Å². The van der Waals surface area contributed by atoms with Gasteiger partial charge in [0.15, 0.2) is 11.4 Å². The van der Waals surface area contributed by atoms with Gasteiger partial charge in [0.2, 0.25) is 0 Å². The second-order valence-electron chi connectivity index (χ2n) is 4.87. The largest absolute Gasteiger partial charge is 0.465 e. The molecule has 0 aliphatic rings. The van der Waals surface area contributed by atoms with Crippen molar-refractivity contribution in [1.82, 2.24) is 4.98 Å². The Morgan fingerprint density at radius 1 is 1.17 bits per heavy atom. The SMILES string of the molecule is COC(=O)c1ccc2oc(SCC(=O)c3ccc(Cl)cc3)nc2c1. The lowest BCUT2D eigenvalue weighted by Crippen LogP contribution is -2.01. The number of rotatable bonds is 5. The highest BCUT2D eigenvalue weighted by atomic mass is 35.5. The Hall–Kier alpha value is -2.31. The molecule has 0 saturated heterocycles. The van der Waals surface area contributed by atoms with Gasteiger partial charge in [-0.3, -0.25) is 4.79 Å². The van der Waals surface area contributed by atoms with Gasteiger partial charge in [0.1, 0.15) is 5.52 Å². The standard InChI is InChI=1S/C17H12ClNO4S/c1-22-16(21)11-4-7-15-13(8-11)19-17(23-15)24-9-14(20)10-2-5-12(18)6-3-10/h2-8H,9H2,1H3. The molecule has 0 unspecified atom stereocenters. The number of Topliss-reactive ketones (excluding diaryl/α,β-unsaturated/α-hetero) is 1. The molecule has 0 bridgehead atoms. The number of esters is 1. The number of hydrogen-bond donors (Lipinski definition) is 0. The molecule has 3 aromatic rings. The van der Waals surface area contributed by atoms with Crippen LogP contribution in [0.15, 0.2) is 52.1 Å². The molecule has 1 heterocycles. The number of methoxy groups -OCH3 is 1. The van der Waals surface area contributed by atoms with Crippen molar-refractivity contribution in [3.05, 3.63) is 58.6 Å². The molecular formula is C17H12ClNO4S. The number of carbonyl (C=O) groups excluding carboxylic acids is 2. The van der Waals surface area contributed by atoms with Crippen LogP contribution < -0.4 is 0 Å². The van der Waals surface area contributed by atoms with Crippen LogP contribution in [0.4, 0.5) is 0 Å². The Balaban J connectivity index is 1.72. The van der Waals surface area contributed by atoms with Crippen molar-refractivity contribution < 1.29 is 18.7 Å². The molecule has 0 amide bonds. The zero-order valence-corrected chi connectivity index (χ0v) is 14.2. The number of carbonyl (C=O) groups is 2. The lowest BCUT2D eigenvalue weighted by molar-refractivity contribution is 0.0600. The normalized spacial score (nSPS) is 10.8. The van der Waals surface area contributed by atoms with Crippen molar-refractivity contribution in [1.29, 1.82) is 0 Å². The van der Waals surface area contributed by atoms with E-state index in [1.807, 2.05) is 0 Å². The lowest BCUT2D eigenvalue weighted by Gasteiger charge is -1.98. The van der Waals surface area contributed by atoms with Crippen LogP contribution in [0.25, 0.3) is 11.1 Å². The number of hydrogen-bond acceptors (Lipinski definition) is 6. The highest BCUT2D eigenvalue weighted by molar-refractivity contribution is 7.99. The Kier molecular flexibility index (Phi) is 4.87. The summed E-state index contributed by atoms with van der Waals surface area (Å²) in [4.78, 5) is 27.9. The predicted molar refractivity (Wildman–Crippen MR) is 91.9 cm³/mol. The van der Waals surface area contributed by atoms with Crippen molar-refractivity contribution in [2.24, 2.45) is 0 Å². The number of aromatic nitrogens is 1. The summed E-state index contributed by atoms with van der Waals surface area (Å²) in [6.45, 7) is 0. The van der Waals surface area contributed by atoms with Crippen molar-refractivity contribution in [2.75, 3.05) is 12.9 Å². The number of oxazole rings is 1. The topological polar surface area (TPSA) is 69.4 Å². The third kappa shape index (κ3) is 3.60. The van der Waals surface area contributed by atoms with Crippen molar-refractivity contribution in [3.63, 3.8) is 0 Å². The maximum atomic E-state index is 12.1. The molecule has 7 heteroatoms. The molecule has 0 radical (unpaired) electrons. The summed E-state index contributed by atoms with van der Waals surface area (Å²) >= 11 is 7.00. The Labute approximate surface area is 147 Å². The molecule has 0 fully saturated rings. The van der Waals surface area contributed by atoms with Gasteiger partial charge in [-0.15, -0.1) is 0 Å². The maximum Gasteiger partial charge on any atom is 0.337 e. The van der Waals surface area contributed by atoms with Gasteiger partial charge >= 0.3 is 5.97 Å². The molecule has 0 saturated carbocycles. The molecule has 0 atom stereocenters. The van der Waals surface area contributed by atoms with E-state index >= 15 is 0 Å². The van der Waals surface area contributed by atoms with Gasteiger partial charge in [-0.1, -0.05) is 23.4 Å². The predicted octanol–water partition coefficient (Wildman–Crippen LogP) is 4.24. The van der Waals surface area contributed by atoms with Crippen LogP contribution in [0.5, 0.6) is 0 Å². The summed E-state index contributed by atoms with van der Waals surface area (Å²) in [6, 6.07) is 11.6. The Morgan fingerprint density at radius 3 is 2.58 bits per heavy atom. The zero-order valence-electron chi connectivity index (χ0n) is 12.6. The summed E-state index contributed by atoms with van der Waals surface area (Å²) in [5.74, 6) is -0.292. The van der Waals surface area contributed by atoms with E-state index in [1.54, 1.807) is 42.5 Å². The maximum absolute atomic E-state index is 12.1. The number of halogens is 1. The van der Waals surface area contributed by atoms with E-state index in [0.29, 0.717) is 32.5 Å². The smallest absolute Gasteiger partial charge is 0.337 e. The van der Waals surface area contributed by atoms with Gasteiger partial charge in [-0.2, -0.15) is 0 Å². The highest BCUT2D eigenvalue weighted by Gasteiger charge is 2.13. The third-order valence-electron chi connectivity index (χ3n) is 3.28. The summed E-state index contributed by atoms with van der Waals surface area (Å²) in [5.41, 5.74) is 2.06. The molecule has 2 aromatic carbocycles. The fourth-order valence-corrected chi connectivity index (χ4v) is 2.92. The van der Waals surface area contributed by atoms with E-state index in [0.717, 1.165) is 0 Å². The van der Waals surface area contributed by atoms with Gasteiger partial charge in [-0.05, 0) is 42.5 Å². The molecular weight excluding hydrogens is 350 g/mol. The molecule has 3 rings (SSSR count). The highest BCUT2D eigenvalue weighted by Crippen LogP contribution is 2.25. The van der Waals surface area contributed by atoms with E-state index in [2.05, 4.69) is 9.72 Å². The molecule has 0 aliphatic heterocycles. The number of thioether (sulfide) groups is 1. The fraction of sp³-hybridized carbons (Fsp3) is 0.118. The molecule has 1 aromatic heterocycles. The minimum absolute atomic E-state index is 0.0471. The number of ketones is 1. The molecule has 24 heavy (non-hydrogen) atoms. The van der Waals surface area contributed by atoms with Crippen LogP contribution >= 0.6 is 23.4 Å². The second kappa shape index (κ2) is 7.07. The molecule has 5 nitrogen and oxygen atoms in total. The third-order valence-corrected chi connectivity index (χ3v) is 4.36. The quantitative estimate of drug-likeness (QED) is 0.384. The van der Waals surface area contributed by atoms with Crippen LogP contribution in [-0.2, 0) is 4.74 Å². The summed E-state index contributed by atoms with van der Waals surface area (Å²) in [6.07, 6.45) is 0.